The smallest absolute Gasteiger partial charge is 0.215 e. The van der Waals surface area contributed by atoms with Crippen LogP contribution in [0.3, 0.4) is 0 Å². The molecule has 1 aliphatic rings. The van der Waals surface area contributed by atoms with E-state index in [-0.39, 0.29) is 0 Å². The van der Waals surface area contributed by atoms with E-state index < -0.39 is 0 Å². The van der Waals surface area contributed by atoms with Crippen LogP contribution in [0.1, 0.15) is 127 Å². The van der Waals surface area contributed by atoms with Crippen molar-refractivity contribution in [2.24, 2.45) is 0 Å². The summed E-state index contributed by atoms with van der Waals surface area (Å²) in [5.41, 5.74) is 21.2. The first-order chi connectivity index (χ1) is 18.6. The van der Waals surface area contributed by atoms with E-state index in [0.29, 0.717) is 0 Å². The first kappa shape index (κ1) is 29.8. The Balaban J connectivity index is 2.09. The van der Waals surface area contributed by atoms with Gasteiger partial charge in [-0.25, -0.2) is 4.70 Å². The van der Waals surface area contributed by atoms with Crippen molar-refractivity contribution in [3.63, 3.8) is 0 Å². The van der Waals surface area contributed by atoms with E-state index in [1.165, 1.54) is 78.3 Å². The molecule has 0 aromatic heterocycles. The van der Waals surface area contributed by atoms with Crippen molar-refractivity contribution in [3.8, 4) is 0 Å². The summed E-state index contributed by atoms with van der Waals surface area (Å²) in [6.07, 6.45) is 20.9. The third-order valence-corrected chi connectivity index (χ3v) is 7.62. The molecule has 0 fully saturated rings. The molecule has 0 atom stereocenters. The second-order valence-electron chi connectivity index (χ2n) is 10.9. The molecule has 1 aliphatic heterocycles. The van der Waals surface area contributed by atoms with E-state index in [1.54, 1.807) is 0 Å². The van der Waals surface area contributed by atoms with Crippen LogP contribution in [-0.4, -0.2) is 4.70 Å². The van der Waals surface area contributed by atoms with Crippen LogP contribution in [0.4, 0.5) is 0 Å². The molecule has 38 heavy (non-hydrogen) atoms. The van der Waals surface area contributed by atoms with Crippen molar-refractivity contribution < 1.29 is 4.70 Å². The summed E-state index contributed by atoms with van der Waals surface area (Å²) in [6, 6.07) is 17.7. The highest BCUT2D eigenvalue weighted by Gasteiger charge is 2.34. The molecule has 2 aromatic carbocycles. The van der Waals surface area contributed by atoms with Gasteiger partial charge in [0.1, 0.15) is 0 Å². The van der Waals surface area contributed by atoms with Crippen LogP contribution in [0.2, 0.25) is 0 Å². The van der Waals surface area contributed by atoms with E-state index >= 15 is 0 Å². The lowest BCUT2D eigenvalue weighted by Gasteiger charge is -2.11. The highest BCUT2D eigenvalue weighted by Crippen LogP contribution is 2.43. The largest absolute Gasteiger partial charge is 0.493 e. The predicted molar refractivity (Wildman–Crippen MR) is 165 cm³/mol. The molecule has 0 aliphatic carbocycles. The van der Waals surface area contributed by atoms with Gasteiger partial charge in [-0.2, -0.15) is 0 Å². The zero-order valence-electron chi connectivity index (χ0n) is 24.6. The molecule has 1 heterocycles. The van der Waals surface area contributed by atoms with Gasteiger partial charge in [0.25, 0.3) is 0 Å². The van der Waals surface area contributed by atoms with Gasteiger partial charge in [-0.1, -0.05) is 103 Å². The Bertz CT molecular complexity index is 1130. The first-order valence-electron chi connectivity index (χ1n) is 15.5. The van der Waals surface area contributed by atoms with Crippen LogP contribution < -0.4 is 0 Å². The molecular weight excluding hydrogens is 460 g/mol. The van der Waals surface area contributed by atoms with Gasteiger partial charge in [0.05, 0.1) is 5.57 Å². The van der Waals surface area contributed by atoms with Gasteiger partial charge in [0.2, 0.25) is 11.4 Å². The van der Waals surface area contributed by atoms with Crippen molar-refractivity contribution in [3.05, 3.63) is 99.6 Å². The maximum Gasteiger partial charge on any atom is 0.215 e. The molecule has 2 nitrogen and oxygen atoms in total. The Morgan fingerprint density at radius 1 is 0.632 bits per heavy atom. The fourth-order valence-corrected chi connectivity index (χ4v) is 5.38. The Kier molecular flexibility index (Phi) is 12.8. The Labute approximate surface area is 233 Å². The van der Waals surface area contributed by atoms with Crippen molar-refractivity contribution >= 4 is 11.4 Å². The van der Waals surface area contributed by atoms with E-state index in [4.69, 9.17) is 0 Å². The number of rotatable bonds is 17. The number of hydrogen-bond donors (Lipinski definition) is 0. The number of hydrogen-bond acceptors (Lipinski definition) is 0. The zero-order valence-corrected chi connectivity index (χ0v) is 24.6. The van der Waals surface area contributed by atoms with Crippen molar-refractivity contribution in [2.75, 3.05) is 0 Å². The predicted octanol–water partition coefficient (Wildman–Crippen LogP) is 11.3. The SMILES string of the molecule is CCCCCCC=CC1=C(c2cccc(CCCC)c2)[N+](=[N-])C(c2cccc(CCCC)c2)=C1CCCC. The fourth-order valence-electron chi connectivity index (χ4n) is 5.38. The van der Waals surface area contributed by atoms with E-state index in [9.17, 15) is 5.53 Å². The minimum absolute atomic E-state index is 0.938. The number of aryl methyl sites for hydroxylation is 2. The van der Waals surface area contributed by atoms with Crippen LogP contribution in [0, 0.1) is 0 Å². The minimum atomic E-state index is 0.938. The molecule has 0 saturated heterocycles. The summed E-state index contributed by atoms with van der Waals surface area (Å²) in [7, 11) is 0. The molecule has 0 bridgehead atoms. The standard InChI is InChI=1S/C36H50N2/c1-5-9-13-14-15-16-26-34-33(25-12-8-4)35(31-23-17-21-29(27-31)19-10-6-2)38(37)36(34)32-24-18-22-30(28-32)20-11-7-3/h16-18,21-24,26-28H,5-15,19-20,25H2,1-4H3. The maximum atomic E-state index is 11.9. The van der Waals surface area contributed by atoms with Crippen molar-refractivity contribution in [2.45, 2.75) is 118 Å². The van der Waals surface area contributed by atoms with Gasteiger partial charge in [0, 0.05) is 16.7 Å². The lowest BCUT2D eigenvalue weighted by molar-refractivity contribution is -0.345. The van der Waals surface area contributed by atoms with Crippen molar-refractivity contribution in [1.82, 2.24) is 0 Å². The summed E-state index contributed by atoms with van der Waals surface area (Å²) in [4.78, 5) is 0. The van der Waals surface area contributed by atoms with Gasteiger partial charge in [-0.3, -0.25) is 0 Å². The molecule has 3 rings (SSSR count). The summed E-state index contributed by atoms with van der Waals surface area (Å²) in [6.45, 7) is 9.00. The molecule has 0 spiro atoms. The lowest BCUT2D eigenvalue weighted by atomic mass is 9.93. The summed E-state index contributed by atoms with van der Waals surface area (Å²) < 4.78 is 1.51. The summed E-state index contributed by atoms with van der Waals surface area (Å²) in [5, 5.41) is 0. The van der Waals surface area contributed by atoms with Crippen LogP contribution in [-0.2, 0) is 12.8 Å². The van der Waals surface area contributed by atoms with E-state index in [0.717, 1.165) is 61.0 Å². The minimum Gasteiger partial charge on any atom is -0.493 e. The van der Waals surface area contributed by atoms with Gasteiger partial charge in [-0.05, 0) is 86.8 Å². The first-order valence-corrected chi connectivity index (χ1v) is 15.5. The molecule has 0 N–H and O–H groups in total. The van der Waals surface area contributed by atoms with Crippen LogP contribution in [0.15, 0.2) is 71.8 Å². The molecule has 204 valence electrons. The highest BCUT2D eigenvalue weighted by atomic mass is 15.2. The number of nitrogens with zero attached hydrogens (tertiary/aromatic N) is 2. The summed E-state index contributed by atoms with van der Waals surface area (Å²) >= 11 is 0. The molecule has 0 saturated carbocycles. The topological polar surface area (TPSA) is 25.3 Å². The highest BCUT2D eigenvalue weighted by molar-refractivity contribution is 5.84. The molecule has 0 amide bonds. The Hall–Kier alpha value is -2.74. The average Bonchev–Trinajstić information content (AvgIpc) is 3.22. The van der Waals surface area contributed by atoms with Crippen molar-refractivity contribution in [1.29, 1.82) is 0 Å². The van der Waals surface area contributed by atoms with Gasteiger partial charge >= 0.3 is 0 Å². The number of unbranched alkanes of at least 4 members (excludes halogenated alkanes) is 7. The average molecular weight is 511 g/mol. The molecule has 2 aromatic rings. The second-order valence-corrected chi connectivity index (χ2v) is 10.9. The zero-order chi connectivity index (χ0) is 27.2. The molecule has 0 unspecified atom stereocenters. The van der Waals surface area contributed by atoms with E-state index in [1.807, 2.05) is 0 Å². The van der Waals surface area contributed by atoms with E-state index in [2.05, 4.69) is 88.4 Å². The van der Waals surface area contributed by atoms with Crippen LogP contribution >= 0.6 is 0 Å². The second kappa shape index (κ2) is 16.3. The van der Waals surface area contributed by atoms with Crippen LogP contribution in [0.5, 0.6) is 0 Å². The third kappa shape index (κ3) is 8.13. The molecule has 0 radical (unpaired) electrons. The summed E-state index contributed by atoms with van der Waals surface area (Å²) in [5.74, 6) is 0. The lowest BCUT2D eigenvalue weighted by Crippen LogP contribution is -2.03. The monoisotopic (exact) mass is 510 g/mol. The fraction of sp³-hybridized carbons (Fsp3) is 0.500. The van der Waals surface area contributed by atoms with Crippen LogP contribution in [0.25, 0.3) is 16.9 Å². The maximum absolute atomic E-state index is 11.9. The number of allylic oxidation sites excluding steroid dienone is 4. The number of benzene rings is 2. The normalized spacial score (nSPS) is 13.9. The Morgan fingerprint density at radius 3 is 1.76 bits per heavy atom. The third-order valence-electron chi connectivity index (χ3n) is 7.62. The van der Waals surface area contributed by atoms with Gasteiger partial charge in [0.15, 0.2) is 0 Å². The quantitative estimate of drug-likeness (QED) is 0.149. The molecule has 2 heteroatoms. The molecular formula is C36H50N2. The van der Waals surface area contributed by atoms with Gasteiger partial charge in [-0.15, -0.1) is 0 Å². The Morgan fingerprint density at radius 2 is 1.18 bits per heavy atom. The van der Waals surface area contributed by atoms with Gasteiger partial charge < -0.3 is 5.53 Å².